The third-order valence-electron chi connectivity index (χ3n) is 4.77. The summed E-state index contributed by atoms with van der Waals surface area (Å²) >= 11 is 14.1. The summed E-state index contributed by atoms with van der Waals surface area (Å²) in [5.41, 5.74) is 1.57. The van der Waals surface area contributed by atoms with Crippen molar-refractivity contribution in [3.63, 3.8) is 0 Å². The zero-order valence-corrected chi connectivity index (χ0v) is 19.2. The van der Waals surface area contributed by atoms with Crippen LogP contribution < -0.4 is 4.74 Å². The molecule has 0 bridgehead atoms. The number of hydrogen-bond acceptors (Lipinski definition) is 4. The SMILES string of the molecule is O=C1c2cc(Br)cc(Br)c2O[C@H](c2ccccc2)[C@@H]1SC(=S)N1CCCC1. The Morgan fingerprint density at radius 1 is 1.15 bits per heavy atom. The summed E-state index contributed by atoms with van der Waals surface area (Å²) < 4.78 is 8.76. The van der Waals surface area contributed by atoms with Crippen LogP contribution in [0.25, 0.3) is 0 Å². The molecule has 140 valence electrons. The maximum Gasteiger partial charge on any atom is 0.184 e. The number of hydrogen-bond donors (Lipinski definition) is 0. The van der Waals surface area contributed by atoms with Crippen molar-refractivity contribution in [3.8, 4) is 5.75 Å². The van der Waals surface area contributed by atoms with Gasteiger partial charge in [0.2, 0.25) is 0 Å². The van der Waals surface area contributed by atoms with E-state index >= 15 is 0 Å². The van der Waals surface area contributed by atoms with Gasteiger partial charge < -0.3 is 9.64 Å². The molecular formula is C20H17Br2NO2S2. The van der Waals surface area contributed by atoms with Crippen molar-refractivity contribution in [1.82, 2.24) is 4.90 Å². The number of likely N-dealkylation sites (tertiary alicyclic amines) is 1. The molecule has 1 saturated heterocycles. The lowest BCUT2D eigenvalue weighted by Gasteiger charge is -2.34. The summed E-state index contributed by atoms with van der Waals surface area (Å²) in [6, 6.07) is 13.6. The zero-order chi connectivity index (χ0) is 19.0. The van der Waals surface area contributed by atoms with Crippen molar-refractivity contribution in [2.45, 2.75) is 24.2 Å². The Balaban J connectivity index is 1.72. The second-order valence-electron chi connectivity index (χ2n) is 6.58. The zero-order valence-electron chi connectivity index (χ0n) is 14.4. The van der Waals surface area contributed by atoms with Crippen LogP contribution in [0.3, 0.4) is 0 Å². The fourth-order valence-corrected chi connectivity index (χ4v) is 6.36. The second-order valence-corrected chi connectivity index (χ2v) is 10.1. The van der Waals surface area contributed by atoms with Crippen molar-refractivity contribution in [1.29, 1.82) is 0 Å². The van der Waals surface area contributed by atoms with Crippen LogP contribution >= 0.6 is 55.8 Å². The summed E-state index contributed by atoms with van der Waals surface area (Å²) in [5.74, 6) is 0.652. The minimum Gasteiger partial charge on any atom is -0.482 e. The lowest BCUT2D eigenvalue weighted by Crippen LogP contribution is -2.37. The number of rotatable bonds is 2. The summed E-state index contributed by atoms with van der Waals surface area (Å²) in [6.07, 6.45) is 1.93. The standard InChI is InChI=1S/C20H17Br2NO2S2/c21-13-10-14-16(24)19(27-20(26)23-8-4-5-9-23)17(12-6-2-1-3-7-12)25-18(14)15(22)11-13/h1-3,6-7,10-11,17,19H,4-5,8-9H2/t17-,19-/m1/s1. The third kappa shape index (κ3) is 3.97. The van der Waals surface area contributed by atoms with Crippen LogP contribution in [0.1, 0.15) is 34.9 Å². The van der Waals surface area contributed by atoms with Crippen LogP contribution in [-0.4, -0.2) is 33.3 Å². The average molecular weight is 527 g/mol. The van der Waals surface area contributed by atoms with E-state index in [2.05, 4.69) is 36.8 Å². The number of carbonyl (C=O) groups excluding carboxylic acids is 1. The molecule has 2 aromatic rings. The molecule has 2 heterocycles. The highest BCUT2D eigenvalue weighted by molar-refractivity contribution is 9.11. The molecular weight excluding hydrogens is 510 g/mol. The number of thioether (sulfide) groups is 1. The maximum absolute atomic E-state index is 13.4. The number of benzene rings is 2. The Labute approximate surface area is 185 Å². The number of Topliss-reactive ketones (excluding diaryl/α,β-unsaturated/α-hetero) is 1. The molecule has 0 unspecified atom stereocenters. The molecule has 3 nitrogen and oxygen atoms in total. The van der Waals surface area contributed by atoms with E-state index in [9.17, 15) is 4.79 Å². The number of ether oxygens (including phenoxy) is 1. The smallest absolute Gasteiger partial charge is 0.184 e. The Bertz CT molecular complexity index is 885. The van der Waals surface area contributed by atoms with E-state index in [1.54, 1.807) is 0 Å². The topological polar surface area (TPSA) is 29.5 Å². The molecule has 2 aliphatic rings. The molecule has 2 atom stereocenters. The van der Waals surface area contributed by atoms with Gasteiger partial charge in [-0.25, -0.2) is 0 Å². The van der Waals surface area contributed by atoms with Gasteiger partial charge in [0.05, 0.1) is 10.0 Å². The first-order valence-electron chi connectivity index (χ1n) is 8.75. The number of carbonyl (C=O) groups is 1. The van der Waals surface area contributed by atoms with Crippen LogP contribution in [0.15, 0.2) is 51.4 Å². The van der Waals surface area contributed by atoms with Crippen LogP contribution in [0.5, 0.6) is 5.75 Å². The summed E-state index contributed by atoms with van der Waals surface area (Å²) in [4.78, 5) is 15.6. The summed E-state index contributed by atoms with van der Waals surface area (Å²) in [6.45, 7) is 1.94. The van der Waals surface area contributed by atoms with Crippen molar-refractivity contribution < 1.29 is 9.53 Å². The predicted octanol–water partition coefficient (Wildman–Crippen LogP) is 6.01. The Morgan fingerprint density at radius 3 is 2.56 bits per heavy atom. The number of halogens is 2. The van der Waals surface area contributed by atoms with Gasteiger partial charge in [0.25, 0.3) is 0 Å². The Kier molecular flexibility index (Phi) is 5.92. The van der Waals surface area contributed by atoms with Crippen LogP contribution in [0, 0.1) is 0 Å². The van der Waals surface area contributed by atoms with E-state index < -0.39 is 5.25 Å². The van der Waals surface area contributed by atoms with Gasteiger partial charge in [-0.2, -0.15) is 0 Å². The first-order valence-corrected chi connectivity index (χ1v) is 11.6. The van der Waals surface area contributed by atoms with Gasteiger partial charge >= 0.3 is 0 Å². The van der Waals surface area contributed by atoms with Gasteiger partial charge in [0.1, 0.15) is 21.4 Å². The van der Waals surface area contributed by atoms with Gasteiger partial charge in [0, 0.05) is 17.6 Å². The normalized spacial score (nSPS) is 21.7. The molecule has 1 fully saturated rings. The van der Waals surface area contributed by atoms with Crippen LogP contribution in [0.4, 0.5) is 0 Å². The number of fused-ring (bicyclic) bond motifs is 1. The molecule has 2 aliphatic heterocycles. The molecule has 0 N–H and O–H groups in total. The molecule has 0 spiro atoms. The highest BCUT2D eigenvalue weighted by Crippen LogP contribution is 2.45. The lowest BCUT2D eigenvalue weighted by molar-refractivity contribution is 0.0866. The van der Waals surface area contributed by atoms with Gasteiger partial charge in [-0.15, -0.1) is 0 Å². The molecule has 2 aromatic carbocycles. The minimum atomic E-state index is -0.408. The number of ketones is 1. The first kappa shape index (κ1) is 19.4. The predicted molar refractivity (Wildman–Crippen MR) is 121 cm³/mol. The Morgan fingerprint density at radius 2 is 1.85 bits per heavy atom. The highest BCUT2D eigenvalue weighted by atomic mass is 79.9. The first-order chi connectivity index (χ1) is 13.0. The molecule has 0 aliphatic carbocycles. The fourth-order valence-electron chi connectivity index (χ4n) is 3.43. The molecule has 27 heavy (non-hydrogen) atoms. The average Bonchev–Trinajstić information content (AvgIpc) is 3.20. The third-order valence-corrected chi connectivity index (χ3v) is 7.54. The highest BCUT2D eigenvalue weighted by Gasteiger charge is 2.41. The fraction of sp³-hybridized carbons (Fsp3) is 0.300. The largest absolute Gasteiger partial charge is 0.482 e. The van der Waals surface area contributed by atoms with E-state index in [1.165, 1.54) is 11.8 Å². The molecule has 0 saturated carbocycles. The van der Waals surface area contributed by atoms with Gasteiger partial charge in [-0.1, -0.05) is 70.2 Å². The van der Waals surface area contributed by atoms with E-state index in [0.29, 0.717) is 11.3 Å². The van der Waals surface area contributed by atoms with Gasteiger partial charge in [-0.05, 0) is 46.5 Å². The van der Waals surface area contributed by atoms with Crippen LogP contribution in [-0.2, 0) is 0 Å². The van der Waals surface area contributed by atoms with E-state index in [4.69, 9.17) is 17.0 Å². The van der Waals surface area contributed by atoms with Crippen molar-refractivity contribution >= 4 is 65.9 Å². The van der Waals surface area contributed by atoms with E-state index in [0.717, 1.165) is 44.8 Å². The summed E-state index contributed by atoms with van der Waals surface area (Å²) in [7, 11) is 0. The lowest BCUT2D eigenvalue weighted by atomic mass is 9.96. The molecule has 7 heteroatoms. The van der Waals surface area contributed by atoms with Gasteiger partial charge in [0.15, 0.2) is 5.78 Å². The maximum atomic E-state index is 13.4. The van der Waals surface area contributed by atoms with Crippen LogP contribution in [0.2, 0.25) is 0 Å². The number of nitrogens with zero attached hydrogens (tertiary/aromatic N) is 1. The minimum absolute atomic E-state index is 0.0543. The quantitative estimate of drug-likeness (QED) is 0.447. The van der Waals surface area contributed by atoms with E-state index in [1.807, 2.05) is 42.5 Å². The van der Waals surface area contributed by atoms with Crippen molar-refractivity contribution in [2.75, 3.05) is 13.1 Å². The molecule has 4 rings (SSSR count). The number of thiocarbonyl (C=S) groups is 1. The molecule has 0 amide bonds. The van der Waals surface area contributed by atoms with Crippen molar-refractivity contribution in [2.24, 2.45) is 0 Å². The van der Waals surface area contributed by atoms with E-state index in [-0.39, 0.29) is 11.9 Å². The Hall–Kier alpha value is -0.890. The van der Waals surface area contributed by atoms with Gasteiger partial charge in [-0.3, -0.25) is 4.79 Å². The summed E-state index contributed by atoms with van der Waals surface area (Å²) in [5, 5.41) is -0.408. The second kappa shape index (κ2) is 8.23. The monoisotopic (exact) mass is 525 g/mol. The molecule has 0 aromatic heterocycles. The molecule has 0 radical (unpaired) electrons. The van der Waals surface area contributed by atoms with Crippen molar-refractivity contribution in [3.05, 3.63) is 62.5 Å².